The van der Waals surface area contributed by atoms with Crippen LogP contribution in [0.25, 0.3) is 0 Å². The summed E-state index contributed by atoms with van der Waals surface area (Å²) in [4.78, 5) is 8.59. The van der Waals surface area contributed by atoms with Gasteiger partial charge in [0, 0.05) is 18.8 Å². The summed E-state index contributed by atoms with van der Waals surface area (Å²) in [5.41, 5.74) is 6.82. The molecule has 140 valence electrons. The molecule has 0 bridgehead atoms. The van der Waals surface area contributed by atoms with Crippen molar-refractivity contribution in [2.75, 3.05) is 19.8 Å². The molecule has 0 radical (unpaired) electrons. The highest BCUT2D eigenvalue weighted by molar-refractivity contribution is 5.77. The lowest BCUT2D eigenvalue weighted by atomic mass is 10.1. The number of aliphatic imine (C=N–C) groups is 1. The SMILES string of the molecule is CC(C)CCNC(N)=NCc1ccc(OCCOc2ccccc2)nc1. The summed E-state index contributed by atoms with van der Waals surface area (Å²) in [5, 5.41) is 3.11. The normalized spacial score (nSPS) is 11.4. The Hall–Kier alpha value is -2.76. The third kappa shape index (κ3) is 7.88. The highest BCUT2D eigenvalue weighted by atomic mass is 16.5. The number of nitrogens with one attached hydrogen (secondary N) is 1. The van der Waals surface area contributed by atoms with Gasteiger partial charge in [-0.05, 0) is 30.0 Å². The number of rotatable bonds is 10. The lowest BCUT2D eigenvalue weighted by molar-refractivity contribution is 0.212. The number of pyridine rings is 1. The summed E-state index contributed by atoms with van der Waals surface area (Å²) in [6, 6.07) is 13.4. The molecule has 2 rings (SSSR count). The van der Waals surface area contributed by atoms with Crippen LogP contribution in [0, 0.1) is 5.92 Å². The van der Waals surface area contributed by atoms with Crippen LogP contribution in [0.3, 0.4) is 0 Å². The highest BCUT2D eigenvalue weighted by Crippen LogP contribution is 2.10. The summed E-state index contributed by atoms with van der Waals surface area (Å²) >= 11 is 0. The molecule has 1 aromatic heterocycles. The van der Waals surface area contributed by atoms with E-state index >= 15 is 0 Å². The largest absolute Gasteiger partial charge is 0.490 e. The number of nitrogens with zero attached hydrogens (tertiary/aromatic N) is 2. The number of hydrogen-bond acceptors (Lipinski definition) is 4. The Morgan fingerprint density at radius 3 is 2.58 bits per heavy atom. The summed E-state index contributed by atoms with van der Waals surface area (Å²) in [7, 11) is 0. The standard InChI is InChI=1S/C20H28N4O2/c1-16(2)10-11-22-20(21)24-15-17-8-9-19(23-14-17)26-13-12-25-18-6-4-3-5-7-18/h3-9,14,16H,10-13,15H2,1-2H3,(H3,21,22,24). The Morgan fingerprint density at radius 2 is 1.88 bits per heavy atom. The molecular weight excluding hydrogens is 328 g/mol. The quantitative estimate of drug-likeness (QED) is 0.388. The molecule has 1 aromatic carbocycles. The lowest BCUT2D eigenvalue weighted by Gasteiger charge is -2.08. The maximum Gasteiger partial charge on any atom is 0.213 e. The average Bonchev–Trinajstić information content (AvgIpc) is 2.65. The van der Waals surface area contributed by atoms with E-state index in [1.807, 2.05) is 42.5 Å². The number of benzene rings is 1. The van der Waals surface area contributed by atoms with E-state index in [0.29, 0.717) is 37.5 Å². The molecule has 0 saturated carbocycles. The van der Waals surface area contributed by atoms with Gasteiger partial charge in [0.2, 0.25) is 5.88 Å². The van der Waals surface area contributed by atoms with Crippen molar-refractivity contribution in [3.8, 4) is 11.6 Å². The maximum absolute atomic E-state index is 5.85. The summed E-state index contributed by atoms with van der Waals surface area (Å²) in [6.45, 7) is 6.59. The zero-order chi connectivity index (χ0) is 18.6. The van der Waals surface area contributed by atoms with Gasteiger partial charge in [-0.1, -0.05) is 38.1 Å². The monoisotopic (exact) mass is 356 g/mol. The van der Waals surface area contributed by atoms with Gasteiger partial charge in [0.1, 0.15) is 19.0 Å². The van der Waals surface area contributed by atoms with Crippen molar-refractivity contribution in [3.63, 3.8) is 0 Å². The van der Waals surface area contributed by atoms with Gasteiger partial charge < -0.3 is 20.5 Å². The van der Waals surface area contributed by atoms with Gasteiger partial charge in [0.05, 0.1) is 6.54 Å². The van der Waals surface area contributed by atoms with Crippen LogP contribution in [-0.2, 0) is 6.54 Å². The second-order valence-electron chi connectivity index (χ2n) is 6.33. The van der Waals surface area contributed by atoms with Crippen LogP contribution >= 0.6 is 0 Å². The van der Waals surface area contributed by atoms with Crippen LogP contribution in [0.2, 0.25) is 0 Å². The van der Waals surface area contributed by atoms with Gasteiger partial charge in [-0.25, -0.2) is 9.98 Å². The molecule has 0 aliphatic rings. The minimum Gasteiger partial charge on any atom is -0.490 e. The van der Waals surface area contributed by atoms with Crippen molar-refractivity contribution in [3.05, 3.63) is 54.2 Å². The first-order valence-electron chi connectivity index (χ1n) is 8.93. The molecule has 0 saturated heterocycles. The molecule has 0 aliphatic carbocycles. The average molecular weight is 356 g/mol. The fraction of sp³-hybridized carbons (Fsp3) is 0.400. The second-order valence-corrected chi connectivity index (χ2v) is 6.33. The number of hydrogen-bond donors (Lipinski definition) is 2. The van der Waals surface area contributed by atoms with E-state index in [1.54, 1.807) is 6.20 Å². The van der Waals surface area contributed by atoms with E-state index in [0.717, 1.165) is 24.3 Å². The molecule has 0 atom stereocenters. The number of para-hydroxylation sites is 1. The summed E-state index contributed by atoms with van der Waals surface area (Å²) in [5.74, 6) is 2.50. The van der Waals surface area contributed by atoms with Gasteiger partial charge in [-0.3, -0.25) is 0 Å². The number of ether oxygens (including phenoxy) is 2. The lowest BCUT2D eigenvalue weighted by Crippen LogP contribution is -2.32. The number of nitrogens with two attached hydrogens (primary N) is 1. The van der Waals surface area contributed by atoms with Crippen molar-refractivity contribution in [1.29, 1.82) is 0 Å². The Morgan fingerprint density at radius 1 is 1.12 bits per heavy atom. The van der Waals surface area contributed by atoms with Crippen LogP contribution in [0.4, 0.5) is 0 Å². The van der Waals surface area contributed by atoms with Gasteiger partial charge in [0.15, 0.2) is 5.96 Å². The van der Waals surface area contributed by atoms with Gasteiger partial charge in [-0.2, -0.15) is 0 Å². The van der Waals surface area contributed by atoms with Crippen molar-refractivity contribution in [1.82, 2.24) is 10.3 Å². The van der Waals surface area contributed by atoms with E-state index < -0.39 is 0 Å². The fourth-order valence-corrected chi connectivity index (χ4v) is 2.13. The molecule has 26 heavy (non-hydrogen) atoms. The van der Waals surface area contributed by atoms with Gasteiger partial charge >= 0.3 is 0 Å². The Bertz CT molecular complexity index is 657. The Labute approximate surface area is 155 Å². The van der Waals surface area contributed by atoms with E-state index in [4.69, 9.17) is 15.2 Å². The predicted octanol–water partition coefficient (Wildman–Crippen LogP) is 2.99. The van der Waals surface area contributed by atoms with E-state index in [1.165, 1.54) is 0 Å². The first-order valence-corrected chi connectivity index (χ1v) is 8.93. The first kappa shape index (κ1) is 19.6. The van der Waals surface area contributed by atoms with Crippen molar-refractivity contribution in [2.45, 2.75) is 26.8 Å². The van der Waals surface area contributed by atoms with Crippen molar-refractivity contribution < 1.29 is 9.47 Å². The minimum atomic E-state index is 0.437. The Balaban J connectivity index is 1.67. The zero-order valence-electron chi connectivity index (χ0n) is 15.5. The molecule has 3 N–H and O–H groups in total. The maximum atomic E-state index is 5.85. The molecule has 2 aromatic rings. The molecule has 1 heterocycles. The van der Waals surface area contributed by atoms with E-state index in [2.05, 4.69) is 29.1 Å². The molecular formula is C20H28N4O2. The first-order chi connectivity index (χ1) is 12.6. The van der Waals surface area contributed by atoms with Crippen molar-refractivity contribution >= 4 is 5.96 Å². The van der Waals surface area contributed by atoms with Crippen LogP contribution in [-0.4, -0.2) is 30.7 Å². The van der Waals surface area contributed by atoms with E-state index in [-0.39, 0.29) is 0 Å². The molecule has 6 heteroatoms. The van der Waals surface area contributed by atoms with Crippen LogP contribution in [0.1, 0.15) is 25.8 Å². The predicted molar refractivity (Wildman–Crippen MR) is 104 cm³/mol. The third-order valence-electron chi connectivity index (χ3n) is 3.60. The molecule has 0 amide bonds. The topological polar surface area (TPSA) is 81.8 Å². The van der Waals surface area contributed by atoms with Crippen LogP contribution in [0.15, 0.2) is 53.7 Å². The number of aromatic nitrogens is 1. The molecule has 0 fully saturated rings. The zero-order valence-corrected chi connectivity index (χ0v) is 15.5. The Kier molecular flexibility index (Phi) is 8.26. The second kappa shape index (κ2) is 11.0. The summed E-state index contributed by atoms with van der Waals surface area (Å²) < 4.78 is 11.1. The van der Waals surface area contributed by atoms with Gasteiger partial charge in [-0.15, -0.1) is 0 Å². The molecule has 0 unspecified atom stereocenters. The van der Waals surface area contributed by atoms with Crippen molar-refractivity contribution in [2.24, 2.45) is 16.6 Å². The molecule has 0 aliphatic heterocycles. The summed E-state index contributed by atoms with van der Waals surface area (Å²) in [6.07, 6.45) is 2.82. The third-order valence-corrected chi connectivity index (χ3v) is 3.60. The molecule has 6 nitrogen and oxygen atoms in total. The smallest absolute Gasteiger partial charge is 0.213 e. The van der Waals surface area contributed by atoms with Crippen LogP contribution in [0.5, 0.6) is 11.6 Å². The van der Waals surface area contributed by atoms with Crippen LogP contribution < -0.4 is 20.5 Å². The molecule has 0 spiro atoms. The minimum absolute atomic E-state index is 0.437. The van der Waals surface area contributed by atoms with E-state index in [9.17, 15) is 0 Å². The van der Waals surface area contributed by atoms with Gasteiger partial charge in [0.25, 0.3) is 0 Å². The highest BCUT2D eigenvalue weighted by Gasteiger charge is 1.99. The number of guanidine groups is 1. The fourth-order valence-electron chi connectivity index (χ4n) is 2.13.